The van der Waals surface area contributed by atoms with Crippen molar-refractivity contribution < 1.29 is 14.2 Å². The van der Waals surface area contributed by atoms with Crippen LogP contribution in [0.4, 0.5) is 0 Å². The van der Waals surface area contributed by atoms with Gasteiger partial charge in [-0.25, -0.2) is 0 Å². The highest BCUT2D eigenvalue weighted by molar-refractivity contribution is 5.17. The summed E-state index contributed by atoms with van der Waals surface area (Å²) in [7, 11) is 0. The summed E-state index contributed by atoms with van der Waals surface area (Å²) in [6.07, 6.45) is 3.49. The van der Waals surface area contributed by atoms with E-state index in [0.29, 0.717) is 12.5 Å². The van der Waals surface area contributed by atoms with Gasteiger partial charge in [0.15, 0.2) is 6.29 Å². The fourth-order valence-corrected chi connectivity index (χ4v) is 2.29. The molecule has 1 aromatic carbocycles. The zero-order valence-electron chi connectivity index (χ0n) is 9.78. The van der Waals surface area contributed by atoms with Crippen molar-refractivity contribution in [1.29, 1.82) is 0 Å². The molecule has 4 atom stereocenters. The lowest BCUT2D eigenvalue weighted by atomic mass is 10.0. The van der Waals surface area contributed by atoms with Gasteiger partial charge in [0.2, 0.25) is 0 Å². The second-order valence-electron chi connectivity index (χ2n) is 4.58. The minimum Gasteiger partial charge on any atom is -0.501 e. The van der Waals surface area contributed by atoms with E-state index in [9.17, 15) is 0 Å². The van der Waals surface area contributed by atoms with Crippen LogP contribution >= 0.6 is 0 Å². The molecular formula is C14H16O3. The molecule has 2 unspecified atom stereocenters. The third kappa shape index (κ3) is 2.08. The predicted octanol–water partition coefficient (Wildman–Crippen LogP) is 2.65. The van der Waals surface area contributed by atoms with Gasteiger partial charge in [0, 0.05) is 11.5 Å². The van der Waals surface area contributed by atoms with Crippen molar-refractivity contribution in [2.24, 2.45) is 5.92 Å². The summed E-state index contributed by atoms with van der Waals surface area (Å²) in [5, 5.41) is 0. The molecule has 90 valence electrons. The zero-order valence-corrected chi connectivity index (χ0v) is 9.78. The largest absolute Gasteiger partial charge is 0.501 e. The number of hydrogen-bond acceptors (Lipinski definition) is 3. The summed E-state index contributed by atoms with van der Waals surface area (Å²) in [6, 6.07) is 10.0. The van der Waals surface area contributed by atoms with Crippen molar-refractivity contribution >= 4 is 0 Å². The molecule has 2 aliphatic heterocycles. The van der Waals surface area contributed by atoms with Crippen molar-refractivity contribution in [3.8, 4) is 0 Å². The van der Waals surface area contributed by atoms with Gasteiger partial charge in [-0.15, -0.1) is 0 Å². The number of hydrogen-bond donors (Lipinski definition) is 0. The first kappa shape index (κ1) is 10.8. The van der Waals surface area contributed by atoms with Gasteiger partial charge >= 0.3 is 0 Å². The number of fused-ring (bicyclic) bond motifs is 1. The Morgan fingerprint density at radius 3 is 2.76 bits per heavy atom. The first-order valence-electron chi connectivity index (χ1n) is 5.99. The van der Waals surface area contributed by atoms with Crippen molar-refractivity contribution in [2.75, 3.05) is 6.61 Å². The quantitative estimate of drug-likeness (QED) is 0.745. The van der Waals surface area contributed by atoms with Gasteiger partial charge < -0.3 is 14.2 Å². The maximum absolute atomic E-state index is 5.99. The Morgan fingerprint density at radius 2 is 1.94 bits per heavy atom. The monoisotopic (exact) mass is 232 g/mol. The van der Waals surface area contributed by atoms with Crippen molar-refractivity contribution in [3.05, 3.63) is 48.2 Å². The van der Waals surface area contributed by atoms with Crippen LogP contribution in [0.1, 0.15) is 18.8 Å². The van der Waals surface area contributed by atoms with Gasteiger partial charge in [0.1, 0.15) is 6.10 Å². The lowest BCUT2D eigenvalue weighted by Gasteiger charge is -2.18. The molecule has 3 nitrogen and oxygen atoms in total. The number of benzene rings is 1. The van der Waals surface area contributed by atoms with Crippen LogP contribution in [0.2, 0.25) is 0 Å². The number of rotatable bonds is 1. The van der Waals surface area contributed by atoms with Gasteiger partial charge in [-0.3, -0.25) is 0 Å². The Balaban J connectivity index is 1.80. The van der Waals surface area contributed by atoms with Crippen LogP contribution in [0.3, 0.4) is 0 Å². The molecule has 3 rings (SSSR count). The Morgan fingerprint density at radius 1 is 1.12 bits per heavy atom. The molecule has 0 amide bonds. The van der Waals surface area contributed by atoms with E-state index in [1.807, 2.05) is 36.4 Å². The highest BCUT2D eigenvalue weighted by Gasteiger charge is 2.39. The molecule has 2 heterocycles. The van der Waals surface area contributed by atoms with Crippen molar-refractivity contribution in [3.63, 3.8) is 0 Å². The fourth-order valence-electron chi connectivity index (χ4n) is 2.29. The standard InChI is InChI=1S/C14H16O3/c1-10-9-15-8-7-12-13(10)17-14(16-12)11-5-3-2-4-6-11/h2-8,10,12-14H,9H2,1H3/t10-,12?,13-,14?/m1/s1. The third-order valence-corrected chi connectivity index (χ3v) is 3.24. The molecule has 2 aliphatic rings. The van der Waals surface area contributed by atoms with E-state index < -0.39 is 0 Å². The normalized spacial score (nSPS) is 36.1. The van der Waals surface area contributed by atoms with Gasteiger partial charge in [0.05, 0.1) is 19.0 Å². The average molecular weight is 232 g/mol. The first-order valence-corrected chi connectivity index (χ1v) is 5.99. The van der Waals surface area contributed by atoms with Crippen LogP contribution in [-0.2, 0) is 14.2 Å². The molecule has 0 N–H and O–H groups in total. The van der Waals surface area contributed by atoms with Crippen molar-refractivity contribution in [2.45, 2.75) is 25.4 Å². The topological polar surface area (TPSA) is 27.7 Å². The summed E-state index contributed by atoms with van der Waals surface area (Å²) in [6.45, 7) is 2.81. The highest BCUT2D eigenvalue weighted by atomic mass is 16.7. The summed E-state index contributed by atoms with van der Waals surface area (Å²) < 4.78 is 17.2. The average Bonchev–Trinajstić information content (AvgIpc) is 2.72. The molecule has 1 aromatic rings. The molecule has 0 spiro atoms. The second-order valence-corrected chi connectivity index (χ2v) is 4.58. The third-order valence-electron chi connectivity index (χ3n) is 3.24. The summed E-state index contributed by atoms with van der Waals surface area (Å²) >= 11 is 0. The smallest absolute Gasteiger partial charge is 0.185 e. The zero-order chi connectivity index (χ0) is 11.7. The SMILES string of the molecule is C[C@@H]1COC=CC2OC(c3ccccc3)O[C@@H]21. The van der Waals surface area contributed by atoms with Gasteiger partial charge in [0.25, 0.3) is 0 Å². The second kappa shape index (κ2) is 4.51. The van der Waals surface area contributed by atoms with E-state index in [2.05, 4.69) is 6.92 Å². The van der Waals surface area contributed by atoms with E-state index >= 15 is 0 Å². The molecule has 0 saturated carbocycles. The van der Waals surface area contributed by atoms with Crippen molar-refractivity contribution in [1.82, 2.24) is 0 Å². The van der Waals surface area contributed by atoms with E-state index in [1.165, 1.54) is 0 Å². The molecule has 1 saturated heterocycles. The van der Waals surface area contributed by atoms with Crippen LogP contribution < -0.4 is 0 Å². The van der Waals surface area contributed by atoms with Gasteiger partial charge in [-0.1, -0.05) is 37.3 Å². The molecule has 0 aromatic heterocycles. The summed E-state index contributed by atoms with van der Waals surface area (Å²) in [5.41, 5.74) is 1.07. The van der Waals surface area contributed by atoms with Crippen LogP contribution in [0, 0.1) is 5.92 Å². The van der Waals surface area contributed by atoms with E-state index in [0.717, 1.165) is 5.56 Å². The molecule has 0 aliphatic carbocycles. The Kier molecular flexibility index (Phi) is 2.87. The van der Waals surface area contributed by atoms with E-state index in [4.69, 9.17) is 14.2 Å². The molecular weight excluding hydrogens is 216 g/mol. The lowest BCUT2D eigenvalue weighted by Crippen LogP contribution is -2.28. The van der Waals surface area contributed by atoms with E-state index in [-0.39, 0.29) is 18.5 Å². The fraction of sp³-hybridized carbons (Fsp3) is 0.429. The molecule has 0 bridgehead atoms. The summed E-state index contributed by atoms with van der Waals surface area (Å²) in [4.78, 5) is 0. The van der Waals surface area contributed by atoms with E-state index in [1.54, 1.807) is 6.26 Å². The maximum Gasteiger partial charge on any atom is 0.185 e. The maximum atomic E-state index is 5.99. The van der Waals surface area contributed by atoms with Crippen LogP contribution in [0.25, 0.3) is 0 Å². The lowest BCUT2D eigenvalue weighted by molar-refractivity contribution is -0.0759. The Bertz CT molecular complexity index is 401. The molecule has 17 heavy (non-hydrogen) atoms. The Labute approximate surface area is 101 Å². The predicted molar refractivity (Wildman–Crippen MR) is 63.2 cm³/mol. The molecule has 0 radical (unpaired) electrons. The van der Waals surface area contributed by atoms with Crippen LogP contribution in [0.15, 0.2) is 42.7 Å². The molecule has 1 fully saturated rings. The Hall–Kier alpha value is -1.32. The van der Waals surface area contributed by atoms with Crippen LogP contribution in [0.5, 0.6) is 0 Å². The minimum atomic E-state index is -0.253. The molecule has 3 heteroatoms. The number of ether oxygens (including phenoxy) is 3. The minimum absolute atomic E-state index is 0.00212. The summed E-state index contributed by atoms with van der Waals surface area (Å²) in [5.74, 6) is 0.337. The van der Waals surface area contributed by atoms with Gasteiger partial charge in [-0.2, -0.15) is 0 Å². The highest BCUT2D eigenvalue weighted by Crippen LogP contribution is 2.36. The van der Waals surface area contributed by atoms with Gasteiger partial charge in [-0.05, 0) is 6.08 Å². The van der Waals surface area contributed by atoms with Crippen LogP contribution in [-0.4, -0.2) is 18.8 Å². The first-order chi connectivity index (χ1) is 8.34.